The smallest absolute Gasteiger partial charge is 0.272 e. The van der Waals surface area contributed by atoms with Gasteiger partial charge in [0.05, 0.1) is 5.25 Å². The van der Waals surface area contributed by atoms with Crippen LogP contribution < -0.4 is 16.0 Å². The molecule has 0 saturated heterocycles. The maximum absolute atomic E-state index is 13.3. The highest BCUT2D eigenvalue weighted by atomic mass is 79.9. The van der Waals surface area contributed by atoms with Crippen molar-refractivity contribution >= 4 is 68.6 Å². The van der Waals surface area contributed by atoms with Gasteiger partial charge in [0, 0.05) is 31.9 Å². The lowest BCUT2D eigenvalue weighted by Crippen LogP contribution is -2.30. The lowest BCUT2D eigenvalue weighted by atomic mass is 10.1. The number of Topliss-reactive ketones (excluding diaryl/α,β-unsaturated/α-hetero) is 1. The molecule has 0 aliphatic carbocycles. The molecule has 0 spiro atoms. The van der Waals surface area contributed by atoms with Crippen LogP contribution in [0.3, 0.4) is 0 Å². The molecule has 4 aromatic carbocycles. The number of hydrogen-bond donors (Lipinski definition) is 3. The molecule has 4 rings (SSSR count). The number of carbonyl (C=O) groups excluding carboxylic acids is 4. The van der Waals surface area contributed by atoms with Gasteiger partial charge in [-0.25, -0.2) is 0 Å². The summed E-state index contributed by atoms with van der Waals surface area (Å²) in [5.41, 5.74) is 2.97. The molecular weight excluding hydrogens is 614 g/mol. The molecular formula is C33H28BrN3O4S. The Labute approximate surface area is 256 Å². The third kappa shape index (κ3) is 8.76. The van der Waals surface area contributed by atoms with E-state index in [2.05, 4.69) is 31.9 Å². The summed E-state index contributed by atoms with van der Waals surface area (Å²) in [4.78, 5) is 51.1. The van der Waals surface area contributed by atoms with E-state index in [0.29, 0.717) is 22.5 Å². The van der Waals surface area contributed by atoms with Crippen LogP contribution in [0.25, 0.3) is 6.08 Å². The molecule has 0 saturated carbocycles. The van der Waals surface area contributed by atoms with Crippen molar-refractivity contribution in [3.63, 3.8) is 0 Å². The number of benzene rings is 4. The Hall–Kier alpha value is -4.47. The number of carbonyl (C=O) groups is 4. The molecule has 42 heavy (non-hydrogen) atoms. The topological polar surface area (TPSA) is 104 Å². The van der Waals surface area contributed by atoms with E-state index in [1.807, 2.05) is 42.5 Å². The summed E-state index contributed by atoms with van der Waals surface area (Å²) < 4.78 is 0.840. The summed E-state index contributed by atoms with van der Waals surface area (Å²) in [5, 5.41) is 8.02. The number of rotatable bonds is 10. The Morgan fingerprint density at radius 2 is 1.40 bits per heavy atom. The quantitative estimate of drug-likeness (QED) is 0.0966. The highest BCUT2D eigenvalue weighted by Gasteiger charge is 2.17. The molecule has 0 fully saturated rings. The van der Waals surface area contributed by atoms with Gasteiger partial charge in [-0.3, -0.25) is 19.2 Å². The van der Waals surface area contributed by atoms with E-state index in [-0.39, 0.29) is 17.4 Å². The van der Waals surface area contributed by atoms with Crippen LogP contribution in [0.4, 0.5) is 11.4 Å². The van der Waals surface area contributed by atoms with Gasteiger partial charge in [0.1, 0.15) is 5.70 Å². The van der Waals surface area contributed by atoms with Crippen molar-refractivity contribution in [2.45, 2.75) is 24.0 Å². The first-order valence-corrected chi connectivity index (χ1v) is 14.7. The molecule has 0 heterocycles. The second kappa shape index (κ2) is 14.4. The fraction of sp³-hybridized carbons (Fsp3) is 0.0909. The normalized spacial score (nSPS) is 11.7. The average molecular weight is 643 g/mol. The summed E-state index contributed by atoms with van der Waals surface area (Å²) in [6, 6.07) is 29.9. The fourth-order valence-electron chi connectivity index (χ4n) is 3.81. The average Bonchev–Trinajstić information content (AvgIpc) is 2.98. The standard InChI is InChI=1S/C33H28BrN3O4S/c1-21(38)24-11-13-27(14-12-24)35-31(39)22(2)42-29-17-15-28(16-18-29)36-33(41)30(20-23-7-6-10-26(34)19-23)37-32(40)25-8-4-3-5-9-25/h3-20,22H,1-2H3,(H,35,39)(H,36,41)(H,37,40)/b30-20-. The number of anilines is 2. The molecule has 1 unspecified atom stereocenters. The molecule has 1 atom stereocenters. The summed E-state index contributed by atoms with van der Waals surface area (Å²) in [5.74, 6) is -1.10. The SMILES string of the molecule is CC(=O)c1ccc(NC(=O)C(C)Sc2ccc(NC(=O)/C(=C/c3cccc(Br)c3)NC(=O)c3ccccc3)cc2)cc1. The Balaban J connectivity index is 1.41. The molecule has 0 radical (unpaired) electrons. The van der Waals surface area contributed by atoms with Crippen molar-refractivity contribution in [2.75, 3.05) is 10.6 Å². The van der Waals surface area contributed by atoms with E-state index < -0.39 is 17.1 Å². The molecule has 0 aliphatic heterocycles. The van der Waals surface area contributed by atoms with Gasteiger partial charge in [0.2, 0.25) is 5.91 Å². The lowest BCUT2D eigenvalue weighted by molar-refractivity contribution is -0.115. The Morgan fingerprint density at radius 1 is 0.762 bits per heavy atom. The first kappa shape index (κ1) is 30.5. The van der Waals surface area contributed by atoms with E-state index in [1.165, 1.54) is 18.7 Å². The van der Waals surface area contributed by atoms with Gasteiger partial charge in [0.25, 0.3) is 11.8 Å². The summed E-state index contributed by atoms with van der Waals surface area (Å²) in [7, 11) is 0. The van der Waals surface area contributed by atoms with Crippen molar-refractivity contribution in [2.24, 2.45) is 0 Å². The van der Waals surface area contributed by atoms with Crippen LogP contribution in [0, 0.1) is 0 Å². The minimum atomic E-state index is -0.483. The van der Waals surface area contributed by atoms with Gasteiger partial charge in [0.15, 0.2) is 5.78 Å². The largest absolute Gasteiger partial charge is 0.325 e. The summed E-state index contributed by atoms with van der Waals surface area (Å²) in [6.07, 6.45) is 1.61. The molecule has 9 heteroatoms. The van der Waals surface area contributed by atoms with Crippen LogP contribution in [0.2, 0.25) is 0 Å². The molecule has 7 nitrogen and oxygen atoms in total. The fourth-order valence-corrected chi connectivity index (χ4v) is 5.09. The van der Waals surface area contributed by atoms with Crippen LogP contribution in [0.1, 0.15) is 40.1 Å². The number of ketones is 1. The van der Waals surface area contributed by atoms with Crippen molar-refractivity contribution in [1.82, 2.24) is 5.32 Å². The lowest BCUT2D eigenvalue weighted by Gasteiger charge is -2.14. The van der Waals surface area contributed by atoms with Gasteiger partial charge in [-0.15, -0.1) is 11.8 Å². The Morgan fingerprint density at radius 3 is 2.05 bits per heavy atom. The molecule has 0 aromatic heterocycles. The number of hydrogen-bond acceptors (Lipinski definition) is 5. The summed E-state index contributed by atoms with van der Waals surface area (Å²) >= 11 is 4.80. The van der Waals surface area contributed by atoms with Crippen molar-refractivity contribution in [3.8, 4) is 0 Å². The van der Waals surface area contributed by atoms with Crippen LogP contribution in [-0.4, -0.2) is 28.8 Å². The second-order valence-corrected chi connectivity index (χ2v) is 11.6. The van der Waals surface area contributed by atoms with E-state index in [9.17, 15) is 19.2 Å². The van der Waals surface area contributed by atoms with E-state index >= 15 is 0 Å². The van der Waals surface area contributed by atoms with Crippen LogP contribution >= 0.6 is 27.7 Å². The van der Waals surface area contributed by atoms with Gasteiger partial charge in [-0.05, 0) is 98.3 Å². The van der Waals surface area contributed by atoms with Crippen LogP contribution in [0.5, 0.6) is 0 Å². The monoisotopic (exact) mass is 641 g/mol. The van der Waals surface area contributed by atoms with Gasteiger partial charge < -0.3 is 16.0 Å². The maximum Gasteiger partial charge on any atom is 0.272 e. The number of amides is 3. The van der Waals surface area contributed by atoms with Gasteiger partial charge in [-0.1, -0.05) is 46.3 Å². The molecule has 4 aromatic rings. The first-order chi connectivity index (χ1) is 20.2. The van der Waals surface area contributed by atoms with E-state index in [4.69, 9.17) is 0 Å². The first-order valence-electron chi connectivity index (χ1n) is 13.0. The third-order valence-electron chi connectivity index (χ3n) is 6.04. The highest BCUT2D eigenvalue weighted by molar-refractivity contribution is 9.10. The second-order valence-electron chi connectivity index (χ2n) is 9.29. The highest BCUT2D eigenvalue weighted by Crippen LogP contribution is 2.26. The minimum absolute atomic E-state index is 0.0370. The third-order valence-corrected chi connectivity index (χ3v) is 7.65. The molecule has 0 aliphatic rings. The number of nitrogens with one attached hydrogen (secondary N) is 3. The summed E-state index contributed by atoms with van der Waals surface area (Å²) in [6.45, 7) is 3.29. The van der Waals surface area contributed by atoms with E-state index in [1.54, 1.807) is 73.7 Å². The predicted octanol–water partition coefficient (Wildman–Crippen LogP) is 7.18. The Kier molecular flexibility index (Phi) is 10.5. The van der Waals surface area contributed by atoms with E-state index in [0.717, 1.165) is 14.9 Å². The van der Waals surface area contributed by atoms with Gasteiger partial charge >= 0.3 is 0 Å². The maximum atomic E-state index is 13.3. The molecule has 3 N–H and O–H groups in total. The van der Waals surface area contributed by atoms with Crippen molar-refractivity contribution in [1.29, 1.82) is 0 Å². The zero-order chi connectivity index (χ0) is 30.1. The van der Waals surface area contributed by atoms with Crippen molar-refractivity contribution < 1.29 is 19.2 Å². The molecule has 3 amide bonds. The Bertz CT molecular complexity index is 1620. The minimum Gasteiger partial charge on any atom is -0.325 e. The zero-order valence-electron chi connectivity index (χ0n) is 22.9. The molecule has 0 bridgehead atoms. The van der Waals surface area contributed by atoms with Crippen LogP contribution in [0.15, 0.2) is 118 Å². The van der Waals surface area contributed by atoms with Gasteiger partial charge in [-0.2, -0.15) is 0 Å². The molecule has 212 valence electrons. The predicted molar refractivity (Wildman–Crippen MR) is 171 cm³/mol. The number of halogens is 1. The number of thioether (sulfide) groups is 1. The van der Waals surface area contributed by atoms with Crippen molar-refractivity contribution in [3.05, 3.63) is 130 Å². The zero-order valence-corrected chi connectivity index (χ0v) is 25.3. The van der Waals surface area contributed by atoms with Crippen LogP contribution in [-0.2, 0) is 9.59 Å².